The molecule has 0 spiro atoms. The fourth-order valence-corrected chi connectivity index (χ4v) is 1.40. The minimum atomic E-state index is -0.501. The maximum Gasteiger partial charge on any atom is 0.374 e. The van der Waals surface area contributed by atoms with Crippen LogP contribution in [0.25, 0.3) is 11.1 Å². The molecule has 72 valence electrons. The van der Waals surface area contributed by atoms with Crippen LogP contribution in [0.2, 0.25) is 0 Å². The molecule has 0 unspecified atom stereocenters. The van der Waals surface area contributed by atoms with Gasteiger partial charge in [-0.1, -0.05) is 0 Å². The van der Waals surface area contributed by atoms with Crippen LogP contribution in [0.5, 0.6) is 0 Å². The summed E-state index contributed by atoms with van der Waals surface area (Å²) in [6, 6.07) is 3.29. The van der Waals surface area contributed by atoms with E-state index in [9.17, 15) is 4.79 Å². The molecule has 5 heteroatoms. The third kappa shape index (κ3) is 1.50. The third-order valence-corrected chi connectivity index (χ3v) is 2.16. The van der Waals surface area contributed by atoms with Gasteiger partial charge in [0.05, 0.1) is 7.11 Å². The van der Waals surface area contributed by atoms with Gasteiger partial charge in [0.2, 0.25) is 5.76 Å². The van der Waals surface area contributed by atoms with E-state index in [1.807, 2.05) is 0 Å². The summed E-state index contributed by atoms with van der Waals surface area (Å²) in [7, 11) is 1.30. The molecule has 0 aliphatic heterocycles. The Labute approximate surface area is 88.0 Å². The van der Waals surface area contributed by atoms with Gasteiger partial charge in [0.15, 0.2) is 5.58 Å². The molecule has 0 N–H and O–H groups in total. The zero-order chi connectivity index (χ0) is 10.1. The van der Waals surface area contributed by atoms with E-state index < -0.39 is 5.97 Å². The van der Waals surface area contributed by atoms with Crippen molar-refractivity contribution in [1.82, 2.24) is 4.98 Å². The van der Waals surface area contributed by atoms with Crippen LogP contribution in [-0.2, 0) is 4.74 Å². The number of hydrogen-bond donors (Lipinski definition) is 0. The average Bonchev–Trinajstić information content (AvgIpc) is 2.59. The van der Waals surface area contributed by atoms with Gasteiger partial charge >= 0.3 is 5.97 Å². The molecular weight excluding hydrogens is 250 g/mol. The zero-order valence-electron chi connectivity index (χ0n) is 7.28. The summed E-state index contributed by atoms with van der Waals surface area (Å²) in [5, 5.41) is 0. The van der Waals surface area contributed by atoms with Crippen LogP contribution >= 0.6 is 15.9 Å². The first kappa shape index (κ1) is 9.21. The second-order valence-electron chi connectivity index (χ2n) is 2.64. The number of carbonyl (C=O) groups excluding carboxylic acids is 1. The van der Waals surface area contributed by atoms with Crippen LogP contribution in [0.3, 0.4) is 0 Å². The molecule has 14 heavy (non-hydrogen) atoms. The van der Waals surface area contributed by atoms with Gasteiger partial charge in [0.25, 0.3) is 0 Å². The highest BCUT2D eigenvalue weighted by atomic mass is 79.9. The maximum atomic E-state index is 11.1. The number of aromatic nitrogens is 1. The summed E-state index contributed by atoms with van der Waals surface area (Å²) >= 11 is 3.26. The lowest BCUT2D eigenvalue weighted by Gasteiger charge is -1.90. The number of ether oxygens (including phenoxy) is 1. The topological polar surface area (TPSA) is 52.3 Å². The number of hydrogen-bond acceptors (Lipinski definition) is 4. The summed E-state index contributed by atoms with van der Waals surface area (Å²) in [6.07, 6.45) is 1.64. The van der Waals surface area contributed by atoms with Crippen molar-refractivity contribution in [3.8, 4) is 0 Å². The molecule has 0 aliphatic rings. The van der Waals surface area contributed by atoms with Crippen LogP contribution < -0.4 is 0 Å². The van der Waals surface area contributed by atoms with Gasteiger partial charge < -0.3 is 9.15 Å². The van der Waals surface area contributed by atoms with E-state index in [0.29, 0.717) is 11.1 Å². The number of esters is 1. The lowest BCUT2D eigenvalue weighted by Crippen LogP contribution is -1.97. The molecule has 0 saturated carbocycles. The number of methoxy groups -OCH3 is 1. The Balaban J connectivity index is 2.56. The highest BCUT2D eigenvalue weighted by Crippen LogP contribution is 2.21. The fourth-order valence-electron chi connectivity index (χ4n) is 1.09. The van der Waals surface area contributed by atoms with Crippen molar-refractivity contribution in [1.29, 1.82) is 0 Å². The molecule has 2 aromatic rings. The second-order valence-corrected chi connectivity index (χ2v) is 3.55. The van der Waals surface area contributed by atoms with Gasteiger partial charge in [0.1, 0.15) is 5.52 Å². The van der Waals surface area contributed by atoms with Gasteiger partial charge in [-0.25, -0.2) is 4.79 Å². The summed E-state index contributed by atoms with van der Waals surface area (Å²) < 4.78 is 10.6. The highest BCUT2D eigenvalue weighted by molar-refractivity contribution is 9.10. The lowest BCUT2D eigenvalue weighted by atomic mass is 10.4. The van der Waals surface area contributed by atoms with Gasteiger partial charge in [-0.3, -0.25) is 4.98 Å². The minimum absolute atomic E-state index is 0.160. The molecule has 0 amide bonds. The zero-order valence-corrected chi connectivity index (χ0v) is 8.87. The average molecular weight is 256 g/mol. The predicted octanol–water partition coefficient (Wildman–Crippen LogP) is 2.38. The van der Waals surface area contributed by atoms with E-state index in [1.54, 1.807) is 18.3 Å². The molecule has 0 atom stereocenters. The Morgan fingerprint density at radius 2 is 2.36 bits per heavy atom. The van der Waals surface area contributed by atoms with Crippen LogP contribution in [0.15, 0.2) is 27.2 Å². The van der Waals surface area contributed by atoms with Crippen molar-refractivity contribution < 1.29 is 13.9 Å². The summed E-state index contributed by atoms with van der Waals surface area (Å²) in [5.41, 5.74) is 1.19. The Kier molecular flexibility index (Phi) is 2.25. The molecule has 0 aromatic carbocycles. The van der Waals surface area contributed by atoms with Crippen molar-refractivity contribution in [3.63, 3.8) is 0 Å². The number of pyridine rings is 1. The van der Waals surface area contributed by atoms with Crippen LogP contribution in [0.4, 0.5) is 0 Å². The molecule has 0 aliphatic carbocycles. The van der Waals surface area contributed by atoms with E-state index >= 15 is 0 Å². The normalized spacial score (nSPS) is 10.4. The Bertz CT molecular complexity index is 492. The monoisotopic (exact) mass is 255 g/mol. The fraction of sp³-hybridized carbons (Fsp3) is 0.111. The number of halogens is 1. The summed E-state index contributed by atoms with van der Waals surface area (Å²) in [4.78, 5) is 15.2. The molecule has 0 bridgehead atoms. The molecule has 0 saturated heterocycles. The van der Waals surface area contributed by atoms with E-state index in [1.165, 1.54) is 7.11 Å². The number of furan rings is 1. The smallest absolute Gasteiger partial charge is 0.374 e. The number of fused-ring (bicyclic) bond motifs is 1. The van der Waals surface area contributed by atoms with Crippen LogP contribution in [-0.4, -0.2) is 18.1 Å². The van der Waals surface area contributed by atoms with Crippen molar-refractivity contribution in [3.05, 3.63) is 28.6 Å². The standard InChI is InChI=1S/C9H6BrNO3/c1-13-9(12)8-3-6-7(14-8)2-5(10)4-11-6/h2-4H,1H3. The van der Waals surface area contributed by atoms with Gasteiger partial charge in [-0.05, 0) is 22.0 Å². The summed E-state index contributed by atoms with van der Waals surface area (Å²) in [5.74, 6) is -0.341. The van der Waals surface area contributed by atoms with Gasteiger partial charge in [-0.2, -0.15) is 0 Å². The van der Waals surface area contributed by atoms with Crippen LogP contribution in [0, 0.1) is 0 Å². The van der Waals surface area contributed by atoms with Gasteiger partial charge in [0, 0.05) is 16.7 Å². The van der Waals surface area contributed by atoms with E-state index in [0.717, 1.165) is 4.47 Å². The second kappa shape index (κ2) is 3.42. The van der Waals surface area contributed by atoms with Crippen molar-refractivity contribution in [2.24, 2.45) is 0 Å². The molecular formula is C9H6BrNO3. The largest absolute Gasteiger partial charge is 0.463 e. The Morgan fingerprint density at radius 1 is 1.57 bits per heavy atom. The minimum Gasteiger partial charge on any atom is -0.463 e. The van der Waals surface area contributed by atoms with Crippen molar-refractivity contribution in [2.45, 2.75) is 0 Å². The Hall–Kier alpha value is -1.36. The number of rotatable bonds is 1. The number of carbonyl (C=O) groups is 1. The highest BCUT2D eigenvalue weighted by Gasteiger charge is 2.12. The Morgan fingerprint density at radius 3 is 3.07 bits per heavy atom. The SMILES string of the molecule is COC(=O)c1cc2ncc(Br)cc2o1. The van der Waals surface area contributed by atoms with Crippen molar-refractivity contribution in [2.75, 3.05) is 7.11 Å². The third-order valence-electron chi connectivity index (χ3n) is 1.72. The molecule has 4 nitrogen and oxygen atoms in total. The first-order valence-electron chi connectivity index (χ1n) is 3.84. The molecule has 2 rings (SSSR count). The quantitative estimate of drug-likeness (QED) is 0.735. The number of nitrogens with zero attached hydrogens (tertiary/aromatic N) is 1. The van der Waals surface area contributed by atoms with E-state index in [4.69, 9.17) is 4.42 Å². The summed E-state index contributed by atoms with van der Waals surface area (Å²) in [6.45, 7) is 0. The van der Waals surface area contributed by atoms with Crippen LogP contribution in [0.1, 0.15) is 10.6 Å². The molecule has 2 aromatic heterocycles. The van der Waals surface area contributed by atoms with Gasteiger partial charge in [-0.15, -0.1) is 0 Å². The lowest BCUT2D eigenvalue weighted by molar-refractivity contribution is 0.0567. The van der Waals surface area contributed by atoms with E-state index in [2.05, 4.69) is 25.7 Å². The maximum absolute atomic E-state index is 11.1. The van der Waals surface area contributed by atoms with E-state index in [-0.39, 0.29) is 5.76 Å². The van der Waals surface area contributed by atoms with Crippen molar-refractivity contribution >= 4 is 33.0 Å². The molecule has 2 heterocycles. The first-order valence-corrected chi connectivity index (χ1v) is 4.63. The predicted molar refractivity (Wildman–Crippen MR) is 53.0 cm³/mol. The first-order chi connectivity index (χ1) is 6.70. The molecule has 0 radical (unpaired) electrons. The molecule has 0 fully saturated rings.